The summed E-state index contributed by atoms with van der Waals surface area (Å²) in [6.07, 6.45) is 2.74. The summed E-state index contributed by atoms with van der Waals surface area (Å²) in [6, 6.07) is 9.83. The molecule has 0 atom stereocenters. The molecule has 1 aromatic carbocycles. The molecule has 118 valence electrons. The highest BCUT2D eigenvalue weighted by atomic mass is 32.2. The van der Waals surface area contributed by atoms with Gasteiger partial charge in [-0.25, -0.2) is 12.7 Å². The van der Waals surface area contributed by atoms with Gasteiger partial charge in [-0.2, -0.15) is 0 Å². The molecule has 4 nitrogen and oxygen atoms in total. The van der Waals surface area contributed by atoms with Crippen LogP contribution in [-0.4, -0.2) is 44.7 Å². The molecule has 0 amide bonds. The highest BCUT2D eigenvalue weighted by molar-refractivity contribution is 7.89. The van der Waals surface area contributed by atoms with Gasteiger partial charge in [0.25, 0.3) is 0 Å². The first-order valence-electron chi connectivity index (χ1n) is 7.84. The first kappa shape index (κ1) is 16.5. The van der Waals surface area contributed by atoms with Crippen LogP contribution in [0, 0.1) is 5.92 Å². The molecule has 5 heteroatoms. The number of nitrogens with one attached hydrogen (secondary N) is 1. The highest BCUT2D eigenvalue weighted by Gasteiger charge is 2.24. The minimum absolute atomic E-state index is 0.204. The molecule has 1 aliphatic rings. The number of aryl methyl sites for hydroxylation is 1. The fourth-order valence-electron chi connectivity index (χ4n) is 2.81. The van der Waals surface area contributed by atoms with Gasteiger partial charge in [0, 0.05) is 13.1 Å². The molecule has 1 heterocycles. The summed E-state index contributed by atoms with van der Waals surface area (Å²) >= 11 is 0. The standard InChI is InChI=1S/C16H26N2O2S/c1-2-18(14-16-8-11-17-12-9-16)21(19,20)13-10-15-6-4-3-5-7-15/h3-7,16-17H,2,8-14H2,1H3. The number of piperidine rings is 1. The lowest BCUT2D eigenvalue weighted by Crippen LogP contribution is -2.40. The molecule has 1 N–H and O–H groups in total. The topological polar surface area (TPSA) is 49.4 Å². The highest BCUT2D eigenvalue weighted by Crippen LogP contribution is 2.16. The number of rotatable bonds is 7. The summed E-state index contributed by atoms with van der Waals surface area (Å²) in [5, 5.41) is 3.32. The molecule has 0 radical (unpaired) electrons. The van der Waals surface area contributed by atoms with Gasteiger partial charge < -0.3 is 5.32 Å². The van der Waals surface area contributed by atoms with Crippen LogP contribution < -0.4 is 5.32 Å². The van der Waals surface area contributed by atoms with E-state index in [9.17, 15) is 8.42 Å². The molecule has 1 aromatic rings. The fourth-order valence-corrected chi connectivity index (χ4v) is 4.40. The summed E-state index contributed by atoms with van der Waals surface area (Å²) in [4.78, 5) is 0. The third-order valence-electron chi connectivity index (χ3n) is 4.16. The van der Waals surface area contributed by atoms with Crippen LogP contribution >= 0.6 is 0 Å². The second kappa shape index (κ2) is 7.92. The molecule has 0 saturated carbocycles. The van der Waals surface area contributed by atoms with Crippen LogP contribution in [-0.2, 0) is 16.4 Å². The Bertz CT molecular complexity index is 510. The van der Waals surface area contributed by atoms with Crippen molar-refractivity contribution in [3.05, 3.63) is 35.9 Å². The lowest BCUT2D eigenvalue weighted by molar-refractivity contribution is 0.294. The van der Waals surface area contributed by atoms with Crippen LogP contribution in [0.5, 0.6) is 0 Å². The van der Waals surface area contributed by atoms with Crippen molar-refractivity contribution in [2.45, 2.75) is 26.2 Å². The van der Waals surface area contributed by atoms with Crippen molar-refractivity contribution in [3.8, 4) is 0 Å². The minimum atomic E-state index is -3.16. The molecule has 2 rings (SSSR count). The zero-order valence-electron chi connectivity index (χ0n) is 12.8. The third-order valence-corrected chi connectivity index (χ3v) is 6.07. The smallest absolute Gasteiger partial charge is 0.214 e. The van der Waals surface area contributed by atoms with Gasteiger partial charge in [-0.3, -0.25) is 0 Å². The van der Waals surface area contributed by atoms with Gasteiger partial charge in [-0.15, -0.1) is 0 Å². The van der Waals surface area contributed by atoms with E-state index in [1.54, 1.807) is 4.31 Å². The number of sulfonamides is 1. The zero-order chi connectivity index (χ0) is 15.1. The maximum atomic E-state index is 12.5. The SMILES string of the molecule is CCN(CC1CCNCC1)S(=O)(=O)CCc1ccccc1. The van der Waals surface area contributed by atoms with Crippen LogP contribution in [0.25, 0.3) is 0 Å². The van der Waals surface area contributed by atoms with Gasteiger partial charge in [0.05, 0.1) is 5.75 Å². The molecule has 0 aromatic heterocycles. The lowest BCUT2D eigenvalue weighted by atomic mass is 9.98. The molecule has 0 aliphatic carbocycles. The van der Waals surface area contributed by atoms with Crippen molar-refractivity contribution in [2.75, 3.05) is 31.9 Å². The molecule has 1 saturated heterocycles. The minimum Gasteiger partial charge on any atom is -0.317 e. The first-order valence-corrected chi connectivity index (χ1v) is 9.45. The van der Waals surface area contributed by atoms with Gasteiger partial charge in [0.15, 0.2) is 0 Å². The molecule has 21 heavy (non-hydrogen) atoms. The Kier molecular flexibility index (Phi) is 6.21. The predicted octanol–water partition coefficient (Wildman–Crippen LogP) is 1.88. The van der Waals surface area contributed by atoms with E-state index in [0.717, 1.165) is 31.5 Å². The number of hydrogen-bond donors (Lipinski definition) is 1. The molecule has 0 bridgehead atoms. The Hall–Kier alpha value is -0.910. The Labute approximate surface area is 128 Å². The van der Waals surface area contributed by atoms with E-state index in [1.807, 2.05) is 37.3 Å². The van der Waals surface area contributed by atoms with E-state index in [-0.39, 0.29) is 5.75 Å². The van der Waals surface area contributed by atoms with Gasteiger partial charge in [-0.1, -0.05) is 37.3 Å². The van der Waals surface area contributed by atoms with E-state index in [4.69, 9.17) is 0 Å². The summed E-state index contributed by atoms with van der Waals surface area (Å²) in [5.41, 5.74) is 1.08. The van der Waals surface area contributed by atoms with Gasteiger partial charge in [0.2, 0.25) is 10.0 Å². The molecule has 1 aliphatic heterocycles. The Morgan fingerprint density at radius 3 is 2.48 bits per heavy atom. The number of benzene rings is 1. The molecule has 0 spiro atoms. The van der Waals surface area contributed by atoms with Crippen LogP contribution in [0.15, 0.2) is 30.3 Å². The molecule has 1 fully saturated rings. The first-order chi connectivity index (χ1) is 10.1. The van der Waals surface area contributed by atoms with Gasteiger partial charge in [0.1, 0.15) is 0 Å². The van der Waals surface area contributed by atoms with Crippen molar-refractivity contribution in [3.63, 3.8) is 0 Å². The van der Waals surface area contributed by atoms with Gasteiger partial charge >= 0.3 is 0 Å². The molecular weight excluding hydrogens is 284 g/mol. The quantitative estimate of drug-likeness (QED) is 0.836. The summed E-state index contributed by atoms with van der Waals surface area (Å²) in [6.45, 7) is 5.19. The third kappa shape index (κ3) is 5.09. The van der Waals surface area contributed by atoms with Crippen molar-refractivity contribution < 1.29 is 8.42 Å². The second-order valence-electron chi connectivity index (χ2n) is 5.70. The Morgan fingerprint density at radius 2 is 1.86 bits per heavy atom. The molecule has 0 unspecified atom stereocenters. The summed E-state index contributed by atoms with van der Waals surface area (Å²) in [7, 11) is -3.16. The monoisotopic (exact) mass is 310 g/mol. The van der Waals surface area contributed by atoms with Crippen molar-refractivity contribution in [1.29, 1.82) is 0 Å². The van der Waals surface area contributed by atoms with Gasteiger partial charge in [-0.05, 0) is 43.8 Å². The largest absolute Gasteiger partial charge is 0.317 e. The maximum absolute atomic E-state index is 12.5. The van der Waals surface area contributed by atoms with E-state index in [1.165, 1.54) is 0 Å². The molecular formula is C16H26N2O2S. The van der Waals surface area contributed by atoms with Crippen LogP contribution in [0.4, 0.5) is 0 Å². The number of hydrogen-bond acceptors (Lipinski definition) is 3. The van der Waals surface area contributed by atoms with E-state index >= 15 is 0 Å². The Balaban J connectivity index is 1.91. The maximum Gasteiger partial charge on any atom is 0.214 e. The second-order valence-corrected chi connectivity index (χ2v) is 7.78. The summed E-state index contributed by atoms with van der Waals surface area (Å²) in [5.74, 6) is 0.702. The van der Waals surface area contributed by atoms with Crippen molar-refractivity contribution >= 4 is 10.0 Å². The predicted molar refractivity (Wildman–Crippen MR) is 86.8 cm³/mol. The van der Waals surface area contributed by atoms with Crippen LogP contribution in [0.2, 0.25) is 0 Å². The van der Waals surface area contributed by atoms with Crippen LogP contribution in [0.1, 0.15) is 25.3 Å². The average Bonchev–Trinajstić information content (AvgIpc) is 2.52. The Morgan fingerprint density at radius 1 is 1.19 bits per heavy atom. The van der Waals surface area contributed by atoms with E-state index in [0.29, 0.717) is 25.4 Å². The average molecular weight is 310 g/mol. The summed E-state index contributed by atoms with van der Waals surface area (Å²) < 4.78 is 26.7. The van der Waals surface area contributed by atoms with E-state index < -0.39 is 10.0 Å². The van der Waals surface area contributed by atoms with Crippen molar-refractivity contribution in [1.82, 2.24) is 9.62 Å². The zero-order valence-corrected chi connectivity index (χ0v) is 13.6. The van der Waals surface area contributed by atoms with E-state index in [2.05, 4.69) is 5.32 Å². The fraction of sp³-hybridized carbons (Fsp3) is 0.625. The van der Waals surface area contributed by atoms with Crippen molar-refractivity contribution in [2.24, 2.45) is 5.92 Å². The number of nitrogens with zero attached hydrogens (tertiary/aromatic N) is 1. The normalized spacial score (nSPS) is 17.2. The lowest BCUT2D eigenvalue weighted by Gasteiger charge is -2.28. The van der Waals surface area contributed by atoms with Crippen LogP contribution in [0.3, 0.4) is 0 Å².